The molecular weight excluding hydrogens is 304 g/mol. The molecule has 0 radical (unpaired) electrons. The van der Waals surface area contributed by atoms with Crippen molar-refractivity contribution < 1.29 is 5.11 Å². The number of hydrogen-bond acceptors (Lipinski definition) is 1. The first-order chi connectivity index (χ1) is 12.0. The van der Waals surface area contributed by atoms with E-state index in [4.69, 9.17) is 0 Å². The lowest BCUT2D eigenvalue weighted by molar-refractivity contribution is 0.450. The van der Waals surface area contributed by atoms with E-state index in [0.29, 0.717) is 11.7 Å². The first-order valence-electron chi connectivity index (χ1n) is 9.90. The molecule has 0 amide bonds. The average molecular weight is 339 g/mol. The standard InChI is InChI=1S/C24H34O/c1-5-7-13-19(14-8-6-2)20-15-9-10-16-21(20)24(3,4)22-17-11-12-18-23(22)25/h9-12,15-19,25H,5-8,13-14H2,1-4H3. The van der Waals surface area contributed by atoms with Crippen LogP contribution in [0.2, 0.25) is 0 Å². The summed E-state index contributed by atoms with van der Waals surface area (Å²) in [5, 5.41) is 10.4. The molecule has 2 rings (SSSR count). The maximum absolute atomic E-state index is 10.4. The summed E-state index contributed by atoms with van der Waals surface area (Å²) in [6.45, 7) is 9.01. The van der Waals surface area contributed by atoms with Gasteiger partial charge in [0, 0.05) is 11.0 Å². The van der Waals surface area contributed by atoms with Gasteiger partial charge >= 0.3 is 0 Å². The van der Waals surface area contributed by atoms with Gasteiger partial charge in [0.1, 0.15) is 5.75 Å². The SMILES string of the molecule is CCCCC(CCCC)c1ccccc1C(C)(C)c1ccccc1O. The average Bonchev–Trinajstić information content (AvgIpc) is 2.62. The van der Waals surface area contributed by atoms with Crippen molar-refractivity contribution in [3.63, 3.8) is 0 Å². The minimum Gasteiger partial charge on any atom is -0.508 e. The van der Waals surface area contributed by atoms with Gasteiger partial charge < -0.3 is 5.11 Å². The lowest BCUT2D eigenvalue weighted by Crippen LogP contribution is -2.22. The molecule has 0 aliphatic heterocycles. The molecule has 0 heterocycles. The van der Waals surface area contributed by atoms with Crippen LogP contribution >= 0.6 is 0 Å². The summed E-state index contributed by atoms with van der Waals surface area (Å²) < 4.78 is 0. The maximum Gasteiger partial charge on any atom is 0.119 e. The highest BCUT2D eigenvalue weighted by atomic mass is 16.3. The van der Waals surface area contributed by atoms with Crippen LogP contribution in [-0.4, -0.2) is 5.11 Å². The van der Waals surface area contributed by atoms with Gasteiger partial charge in [0.05, 0.1) is 0 Å². The fourth-order valence-electron chi connectivity index (χ4n) is 3.93. The van der Waals surface area contributed by atoms with E-state index in [9.17, 15) is 5.11 Å². The number of para-hydroxylation sites is 1. The summed E-state index contributed by atoms with van der Waals surface area (Å²) in [6, 6.07) is 16.6. The normalized spacial score (nSPS) is 11.9. The Kier molecular flexibility index (Phi) is 7.11. The first-order valence-corrected chi connectivity index (χ1v) is 9.90. The highest BCUT2D eigenvalue weighted by molar-refractivity contribution is 5.48. The number of hydrogen-bond donors (Lipinski definition) is 1. The van der Waals surface area contributed by atoms with Crippen LogP contribution in [0.4, 0.5) is 0 Å². The second kappa shape index (κ2) is 9.08. The summed E-state index contributed by atoms with van der Waals surface area (Å²) >= 11 is 0. The molecule has 0 aromatic heterocycles. The van der Waals surface area contributed by atoms with Gasteiger partial charge in [-0.3, -0.25) is 0 Å². The van der Waals surface area contributed by atoms with Gasteiger partial charge in [-0.15, -0.1) is 0 Å². The zero-order valence-corrected chi connectivity index (χ0v) is 16.4. The molecule has 1 N–H and O–H groups in total. The summed E-state index contributed by atoms with van der Waals surface area (Å²) in [5.41, 5.74) is 3.62. The molecule has 0 atom stereocenters. The predicted molar refractivity (Wildman–Crippen MR) is 108 cm³/mol. The molecule has 0 spiro atoms. The third kappa shape index (κ3) is 4.66. The Balaban J connectivity index is 2.46. The van der Waals surface area contributed by atoms with Crippen molar-refractivity contribution in [1.29, 1.82) is 0 Å². The summed E-state index contributed by atoms with van der Waals surface area (Å²) in [4.78, 5) is 0. The number of unbranched alkanes of at least 4 members (excludes halogenated alkanes) is 2. The third-order valence-electron chi connectivity index (χ3n) is 5.46. The van der Waals surface area contributed by atoms with Crippen molar-refractivity contribution in [1.82, 2.24) is 0 Å². The maximum atomic E-state index is 10.4. The Morgan fingerprint density at radius 2 is 1.32 bits per heavy atom. The van der Waals surface area contributed by atoms with E-state index in [-0.39, 0.29) is 5.41 Å². The lowest BCUT2D eigenvalue weighted by Gasteiger charge is -2.32. The van der Waals surface area contributed by atoms with Crippen LogP contribution in [0, 0.1) is 0 Å². The van der Waals surface area contributed by atoms with Crippen LogP contribution in [0.1, 0.15) is 88.8 Å². The molecule has 2 aromatic carbocycles. The topological polar surface area (TPSA) is 20.2 Å². The highest BCUT2D eigenvalue weighted by Gasteiger charge is 2.29. The molecule has 0 fully saturated rings. The molecule has 25 heavy (non-hydrogen) atoms. The Morgan fingerprint density at radius 3 is 1.88 bits per heavy atom. The van der Waals surface area contributed by atoms with E-state index in [1.54, 1.807) is 6.07 Å². The van der Waals surface area contributed by atoms with Crippen LogP contribution in [0.5, 0.6) is 5.75 Å². The number of phenols is 1. The Bertz CT molecular complexity index is 649. The number of aromatic hydroxyl groups is 1. The van der Waals surface area contributed by atoms with E-state index >= 15 is 0 Å². The zero-order chi connectivity index (χ0) is 18.3. The molecule has 0 bridgehead atoms. The molecule has 1 nitrogen and oxygen atoms in total. The molecule has 0 aliphatic rings. The Morgan fingerprint density at radius 1 is 0.800 bits per heavy atom. The van der Waals surface area contributed by atoms with E-state index in [2.05, 4.69) is 58.0 Å². The van der Waals surface area contributed by atoms with Crippen LogP contribution in [0.3, 0.4) is 0 Å². The minimum atomic E-state index is -0.210. The number of phenolic OH excluding ortho intramolecular Hbond substituents is 1. The van der Waals surface area contributed by atoms with Gasteiger partial charge in [0.25, 0.3) is 0 Å². The van der Waals surface area contributed by atoms with Gasteiger partial charge in [-0.05, 0) is 36.0 Å². The van der Waals surface area contributed by atoms with Crippen molar-refractivity contribution in [2.75, 3.05) is 0 Å². The Hall–Kier alpha value is -1.76. The van der Waals surface area contributed by atoms with E-state index in [1.165, 1.54) is 49.7 Å². The molecule has 0 unspecified atom stereocenters. The van der Waals surface area contributed by atoms with Crippen molar-refractivity contribution in [2.45, 2.75) is 77.6 Å². The van der Waals surface area contributed by atoms with Crippen molar-refractivity contribution in [3.8, 4) is 5.75 Å². The Labute approximate surface area is 154 Å². The monoisotopic (exact) mass is 338 g/mol. The van der Waals surface area contributed by atoms with Gasteiger partial charge in [-0.1, -0.05) is 95.8 Å². The zero-order valence-electron chi connectivity index (χ0n) is 16.4. The summed E-state index contributed by atoms with van der Waals surface area (Å²) in [7, 11) is 0. The van der Waals surface area contributed by atoms with Gasteiger partial charge in [-0.2, -0.15) is 0 Å². The third-order valence-corrected chi connectivity index (χ3v) is 5.46. The predicted octanol–water partition coefficient (Wildman–Crippen LogP) is 7.18. The van der Waals surface area contributed by atoms with Crippen LogP contribution < -0.4 is 0 Å². The quantitative estimate of drug-likeness (QED) is 0.513. The van der Waals surface area contributed by atoms with Crippen molar-refractivity contribution in [2.24, 2.45) is 0 Å². The number of benzene rings is 2. The van der Waals surface area contributed by atoms with E-state index in [0.717, 1.165) is 5.56 Å². The summed E-state index contributed by atoms with van der Waals surface area (Å²) in [5.74, 6) is 1.00. The first kappa shape index (κ1) is 19.6. The van der Waals surface area contributed by atoms with Crippen LogP contribution in [0.25, 0.3) is 0 Å². The van der Waals surface area contributed by atoms with Crippen molar-refractivity contribution in [3.05, 3.63) is 65.2 Å². The van der Waals surface area contributed by atoms with Crippen LogP contribution in [0.15, 0.2) is 48.5 Å². The number of rotatable bonds is 9. The minimum absolute atomic E-state index is 0.210. The second-order valence-electron chi connectivity index (χ2n) is 7.71. The van der Waals surface area contributed by atoms with E-state index < -0.39 is 0 Å². The molecule has 1 heteroatoms. The molecule has 136 valence electrons. The van der Waals surface area contributed by atoms with Gasteiger partial charge in [0.15, 0.2) is 0 Å². The fraction of sp³-hybridized carbons (Fsp3) is 0.500. The smallest absolute Gasteiger partial charge is 0.119 e. The largest absolute Gasteiger partial charge is 0.508 e. The fourth-order valence-corrected chi connectivity index (χ4v) is 3.93. The van der Waals surface area contributed by atoms with Gasteiger partial charge in [-0.25, -0.2) is 0 Å². The molecule has 0 aliphatic carbocycles. The van der Waals surface area contributed by atoms with Gasteiger partial charge in [0.2, 0.25) is 0 Å². The van der Waals surface area contributed by atoms with E-state index in [1.807, 2.05) is 12.1 Å². The van der Waals surface area contributed by atoms with Crippen molar-refractivity contribution >= 4 is 0 Å². The lowest BCUT2D eigenvalue weighted by atomic mass is 9.72. The molecule has 2 aromatic rings. The summed E-state index contributed by atoms with van der Waals surface area (Å²) in [6.07, 6.45) is 7.55. The second-order valence-corrected chi connectivity index (χ2v) is 7.71. The molecule has 0 saturated heterocycles. The molecular formula is C24H34O. The van der Waals surface area contributed by atoms with Crippen LogP contribution in [-0.2, 0) is 5.41 Å². The molecule has 0 saturated carbocycles. The highest BCUT2D eigenvalue weighted by Crippen LogP contribution is 2.41.